The molecule has 4 N–H and O–H groups in total. The maximum atomic E-state index is 12.1. The summed E-state index contributed by atoms with van der Waals surface area (Å²) in [5, 5.41) is 86.1. The van der Waals surface area contributed by atoms with E-state index in [-0.39, 0.29) is 62.2 Å². The van der Waals surface area contributed by atoms with Gasteiger partial charge in [0.25, 0.3) is 0 Å². The van der Waals surface area contributed by atoms with Gasteiger partial charge < -0.3 is 20.4 Å². The number of hydrogen-bond donors (Lipinski definition) is 4. The van der Waals surface area contributed by atoms with Crippen molar-refractivity contribution in [3.8, 4) is 23.0 Å². The number of fused-ring (bicyclic) bond motifs is 8. The Kier molecular flexibility index (Phi) is 14.6. The SMILES string of the molecule is Oc1c2cc(N=Nc3ccc(Cl)cc3)cc1Sc1cc(N=Nc3ccc(Cl)cc3)cc(c1O)Sc1cc(N=Nc3ccc(Cl)cc3)cc(c1O)Sc1cc(N=Nc3ccc(Cl)cc3)cc(c1O)S2. The fraction of sp³-hybridized carbons (Fsp3) is 0. The molecule has 0 aromatic heterocycles. The van der Waals surface area contributed by atoms with Crippen LogP contribution >= 0.6 is 93.5 Å². The second-order valence-corrected chi connectivity index (χ2v) is 20.4. The summed E-state index contributed by atoms with van der Waals surface area (Å²) in [5.74, 6) is -0.723. The predicted molar refractivity (Wildman–Crippen MR) is 271 cm³/mol. The van der Waals surface area contributed by atoms with Crippen molar-refractivity contribution in [2.24, 2.45) is 40.9 Å². The van der Waals surface area contributed by atoms with E-state index in [1.807, 2.05) is 0 Å². The number of azo groups is 4. The fourth-order valence-electron chi connectivity index (χ4n) is 6.09. The maximum absolute atomic E-state index is 12.1. The maximum Gasteiger partial charge on any atom is 0.143 e. The van der Waals surface area contributed by atoms with Crippen molar-refractivity contribution < 1.29 is 20.4 Å². The molecule has 0 saturated carbocycles. The van der Waals surface area contributed by atoms with Crippen LogP contribution in [0.3, 0.4) is 0 Å². The second-order valence-electron chi connectivity index (χ2n) is 14.3. The monoisotopic (exact) mass is 1050 g/mol. The van der Waals surface area contributed by atoms with Gasteiger partial charge in [0.05, 0.1) is 84.7 Å². The summed E-state index contributed by atoms with van der Waals surface area (Å²) < 4.78 is 0. The summed E-state index contributed by atoms with van der Waals surface area (Å²) >= 11 is 28.6. The number of hydrogen-bond acceptors (Lipinski definition) is 16. The average molecular weight is 1050 g/mol. The molecule has 0 spiro atoms. The molecule has 0 unspecified atom stereocenters. The van der Waals surface area contributed by atoms with Crippen LogP contribution < -0.4 is 0 Å². The van der Waals surface area contributed by atoms with Crippen LogP contribution in [0.1, 0.15) is 0 Å². The Morgan fingerprint density at radius 2 is 0.382 bits per heavy atom. The minimum atomic E-state index is -0.181. The predicted octanol–water partition coefficient (Wildman–Crippen LogP) is 19.7. The molecule has 0 atom stereocenters. The Hall–Kier alpha value is -6.08. The normalized spacial score (nSPS) is 12.8. The molecule has 0 amide bonds. The highest BCUT2D eigenvalue weighted by atomic mass is 35.5. The van der Waals surface area contributed by atoms with E-state index >= 15 is 0 Å². The number of benzene rings is 8. The van der Waals surface area contributed by atoms with E-state index in [0.29, 0.717) is 65.6 Å². The molecule has 9 rings (SSSR count). The number of phenolic OH excluding ortho intramolecular Hbond substituents is 4. The van der Waals surface area contributed by atoms with Crippen LogP contribution in [0.5, 0.6) is 23.0 Å². The Bertz CT molecular complexity index is 2790. The van der Waals surface area contributed by atoms with E-state index in [9.17, 15) is 20.4 Å². The molecular weight excluding hydrogens is 1020 g/mol. The molecule has 0 radical (unpaired) electrons. The quantitative estimate of drug-likeness (QED) is 0.109. The van der Waals surface area contributed by atoms with Crippen molar-refractivity contribution in [3.63, 3.8) is 0 Å². The van der Waals surface area contributed by atoms with Crippen molar-refractivity contribution in [2.75, 3.05) is 0 Å². The molecule has 336 valence electrons. The topological polar surface area (TPSA) is 180 Å². The molecule has 12 nitrogen and oxygen atoms in total. The van der Waals surface area contributed by atoms with Crippen LogP contribution in [0.25, 0.3) is 0 Å². The first kappa shape index (κ1) is 47.0. The number of aromatic hydroxyl groups is 4. The van der Waals surface area contributed by atoms with E-state index < -0.39 is 0 Å². The van der Waals surface area contributed by atoms with E-state index in [4.69, 9.17) is 46.4 Å². The van der Waals surface area contributed by atoms with Crippen LogP contribution in [0.4, 0.5) is 45.5 Å². The molecular formula is C48H28Cl4N8O4S4. The van der Waals surface area contributed by atoms with Gasteiger partial charge in [-0.25, -0.2) is 0 Å². The zero-order valence-electron chi connectivity index (χ0n) is 34.4. The van der Waals surface area contributed by atoms with Crippen molar-refractivity contribution in [1.29, 1.82) is 0 Å². The smallest absolute Gasteiger partial charge is 0.143 e. The molecule has 68 heavy (non-hydrogen) atoms. The first-order valence-corrected chi connectivity index (χ1v) is 24.6. The lowest BCUT2D eigenvalue weighted by molar-refractivity contribution is 0.444. The Morgan fingerprint density at radius 3 is 0.544 bits per heavy atom. The number of halogens is 4. The van der Waals surface area contributed by atoms with E-state index in [1.54, 1.807) is 146 Å². The van der Waals surface area contributed by atoms with Gasteiger partial charge in [-0.1, -0.05) is 93.5 Å². The molecule has 1 aliphatic rings. The first-order chi connectivity index (χ1) is 32.9. The van der Waals surface area contributed by atoms with Crippen LogP contribution in [-0.4, -0.2) is 20.4 Å². The van der Waals surface area contributed by atoms with Gasteiger partial charge >= 0.3 is 0 Å². The molecule has 8 aromatic carbocycles. The van der Waals surface area contributed by atoms with Crippen molar-refractivity contribution in [1.82, 2.24) is 0 Å². The van der Waals surface area contributed by atoms with E-state index in [1.165, 1.54) is 0 Å². The van der Waals surface area contributed by atoms with Crippen LogP contribution in [0.15, 0.2) is 226 Å². The molecule has 8 aromatic rings. The molecule has 0 aliphatic carbocycles. The lowest BCUT2D eigenvalue weighted by atomic mass is 10.3. The summed E-state index contributed by atoms with van der Waals surface area (Å²) in [6.07, 6.45) is 0. The summed E-state index contributed by atoms with van der Waals surface area (Å²) in [4.78, 5) is 2.17. The van der Waals surface area contributed by atoms with Crippen molar-refractivity contribution in [3.05, 3.63) is 166 Å². The Morgan fingerprint density at radius 1 is 0.235 bits per heavy atom. The largest absolute Gasteiger partial charge is 0.506 e. The van der Waals surface area contributed by atoms with Gasteiger partial charge in [0, 0.05) is 20.1 Å². The fourth-order valence-corrected chi connectivity index (χ4v) is 10.9. The standard InChI is InChI=1S/C48H28Cl4N8O4S4/c49-25-1-9-29(10-2-25)53-57-33-17-37-45(61)38(18-33)66-40-20-35(59-55-31-13-5-27(51)6-14-31)22-42(47(40)63)68-44-24-36(60-56-32-15-7-28(52)8-16-32)23-43(48(44)64)67-41-21-34(19-39(65-37)46(41)62)58-54-30-11-3-26(50)4-12-30/h1-24,61-64H. The average Bonchev–Trinajstić information content (AvgIpc) is 3.33. The lowest BCUT2D eigenvalue weighted by Gasteiger charge is -2.17. The van der Waals surface area contributed by atoms with E-state index in [0.717, 1.165) is 47.0 Å². The number of nitrogens with zero attached hydrogens (tertiary/aromatic N) is 8. The molecule has 0 fully saturated rings. The van der Waals surface area contributed by atoms with Crippen LogP contribution in [0, 0.1) is 0 Å². The third kappa shape index (κ3) is 11.6. The minimum Gasteiger partial charge on any atom is -0.506 e. The molecule has 8 bridgehead atoms. The van der Waals surface area contributed by atoms with Gasteiger partial charge in [0.15, 0.2) is 0 Å². The van der Waals surface area contributed by atoms with Crippen molar-refractivity contribution in [2.45, 2.75) is 39.2 Å². The van der Waals surface area contributed by atoms with E-state index in [2.05, 4.69) is 40.9 Å². The summed E-state index contributed by atoms with van der Waals surface area (Å²) in [6, 6.07) is 40.2. The minimum absolute atomic E-state index is 0.181. The Labute approximate surface area is 424 Å². The molecule has 0 saturated heterocycles. The summed E-state index contributed by atoms with van der Waals surface area (Å²) in [5.41, 5.74) is 3.45. The summed E-state index contributed by atoms with van der Waals surface area (Å²) in [7, 11) is 0. The van der Waals surface area contributed by atoms with Gasteiger partial charge in [0.1, 0.15) is 23.0 Å². The third-order valence-electron chi connectivity index (χ3n) is 9.41. The van der Waals surface area contributed by atoms with Crippen molar-refractivity contribution >= 4 is 139 Å². The van der Waals surface area contributed by atoms with Gasteiger partial charge in [-0.2, -0.15) is 40.9 Å². The van der Waals surface area contributed by atoms with Crippen LogP contribution in [-0.2, 0) is 0 Å². The zero-order valence-corrected chi connectivity index (χ0v) is 40.7. The van der Waals surface area contributed by atoms with Crippen LogP contribution in [0.2, 0.25) is 20.1 Å². The summed E-state index contributed by atoms with van der Waals surface area (Å²) in [6.45, 7) is 0. The number of rotatable bonds is 8. The zero-order chi connectivity index (χ0) is 47.3. The third-order valence-corrected chi connectivity index (χ3v) is 14.7. The molecule has 1 heterocycles. The highest BCUT2D eigenvalue weighted by Crippen LogP contribution is 2.55. The molecule has 20 heteroatoms. The number of phenols is 4. The Balaban J connectivity index is 1.24. The highest BCUT2D eigenvalue weighted by molar-refractivity contribution is 8.01. The second kappa shape index (κ2) is 21.1. The van der Waals surface area contributed by atoms with Gasteiger partial charge in [-0.15, -0.1) is 0 Å². The highest BCUT2D eigenvalue weighted by Gasteiger charge is 2.24. The first-order valence-electron chi connectivity index (χ1n) is 19.8. The lowest BCUT2D eigenvalue weighted by Crippen LogP contribution is -1.87. The van der Waals surface area contributed by atoms with Gasteiger partial charge in [-0.05, 0) is 146 Å². The van der Waals surface area contributed by atoms with Gasteiger partial charge in [0.2, 0.25) is 0 Å². The molecule has 1 aliphatic heterocycles. The van der Waals surface area contributed by atoms with Gasteiger partial charge in [-0.3, -0.25) is 0 Å².